The summed E-state index contributed by atoms with van der Waals surface area (Å²) in [4.78, 5) is 11.4. The van der Waals surface area contributed by atoms with Crippen LogP contribution in [0, 0.1) is 11.8 Å². The van der Waals surface area contributed by atoms with Crippen molar-refractivity contribution in [1.82, 2.24) is 5.32 Å². The zero-order valence-electron chi connectivity index (χ0n) is 12.1. The molecule has 0 fully saturated rings. The zero-order chi connectivity index (χ0) is 13.3. The second-order valence-corrected chi connectivity index (χ2v) is 5.52. The van der Waals surface area contributed by atoms with E-state index in [0.717, 1.165) is 19.4 Å². The SMILES string of the molecule is CCC(COC(=O)CC(C)C)NCCC(C)C. The van der Waals surface area contributed by atoms with Crippen molar-refractivity contribution in [1.29, 1.82) is 0 Å². The average Bonchev–Trinajstić information content (AvgIpc) is 2.21. The molecule has 0 aliphatic rings. The summed E-state index contributed by atoms with van der Waals surface area (Å²) in [6.07, 6.45) is 2.67. The maximum absolute atomic E-state index is 11.4. The van der Waals surface area contributed by atoms with Gasteiger partial charge in [-0.05, 0) is 31.2 Å². The topological polar surface area (TPSA) is 38.3 Å². The normalized spacial score (nSPS) is 13.1. The van der Waals surface area contributed by atoms with Crippen molar-refractivity contribution in [2.45, 2.75) is 59.9 Å². The van der Waals surface area contributed by atoms with E-state index in [4.69, 9.17) is 4.74 Å². The van der Waals surface area contributed by atoms with E-state index >= 15 is 0 Å². The van der Waals surface area contributed by atoms with Gasteiger partial charge in [0.15, 0.2) is 0 Å². The van der Waals surface area contributed by atoms with Crippen LogP contribution in [-0.4, -0.2) is 25.2 Å². The van der Waals surface area contributed by atoms with E-state index < -0.39 is 0 Å². The lowest BCUT2D eigenvalue weighted by Gasteiger charge is -2.18. The zero-order valence-corrected chi connectivity index (χ0v) is 12.1. The Balaban J connectivity index is 3.70. The van der Waals surface area contributed by atoms with Crippen molar-refractivity contribution in [3.8, 4) is 0 Å². The average molecular weight is 243 g/mol. The van der Waals surface area contributed by atoms with Crippen LogP contribution >= 0.6 is 0 Å². The van der Waals surface area contributed by atoms with Gasteiger partial charge in [-0.2, -0.15) is 0 Å². The first-order chi connectivity index (χ1) is 7.95. The van der Waals surface area contributed by atoms with Gasteiger partial charge in [0.25, 0.3) is 0 Å². The maximum atomic E-state index is 11.4. The molecule has 0 saturated carbocycles. The minimum Gasteiger partial charge on any atom is -0.464 e. The van der Waals surface area contributed by atoms with Crippen molar-refractivity contribution in [2.24, 2.45) is 11.8 Å². The van der Waals surface area contributed by atoms with Crippen LogP contribution in [0.2, 0.25) is 0 Å². The molecule has 1 atom stereocenters. The van der Waals surface area contributed by atoms with Crippen LogP contribution in [-0.2, 0) is 9.53 Å². The van der Waals surface area contributed by atoms with Crippen LogP contribution < -0.4 is 5.32 Å². The Labute approximate surface area is 106 Å². The van der Waals surface area contributed by atoms with E-state index in [2.05, 4.69) is 26.1 Å². The minimum atomic E-state index is -0.0795. The van der Waals surface area contributed by atoms with Crippen molar-refractivity contribution in [2.75, 3.05) is 13.2 Å². The molecule has 0 bridgehead atoms. The van der Waals surface area contributed by atoms with Gasteiger partial charge in [0.05, 0.1) is 0 Å². The van der Waals surface area contributed by atoms with Crippen LogP contribution in [0.4, 0.5) is 0 Å². The fourth-order valence-electron chi connectivity index (χ4n) is 1.48. The summed E-state index contributed by atoms with van der Waals surface area (Å²) in [7, 11) is 0. The molecule has 102 valence electrons. The predicted molar refractivity (Wildman–Crippen MR) is 72.0 cm³/mol. The lowest BCUT2D eigenvalue weighted by atomic mass is 10.1. The van der Waals surface area contributed by atoms with E-state index in [9.17, 15) is 4.79 Å². The van der Waals surface area contributed by atoms with Gasteiger partial charge in [-0.1, -0.05) is 34.6 Å². The molecule has 0 aliphatic heterocycles. The van der Waals surface area contributed by atoms with E-state index in [1.807, 2.05) is 13.8 Å². The Morgan fingerprint density at radius 2 is 1.82 bits per heavy atom. The molecule has 0 aromatic carbocycles. The number of nitrogens with one attached hydrogen (secondary N) is 1. The molecule has 0 heterocycles. The van der Waals surface area contributed by atoms with Gasteiger partial charge in [-0.3, -0.25) is 4.79 Å². The molecular formula is C14H29NO2. The van der Waals surface area contributed by atoms with Crippen molar-refractivity contribution in [3.63, 3.8) is 0 Å². The Kier molecular flexibility index (Phi) is 9.14. The van der Waals surface area contributed by atoms with E-state index in [-0.39, 0.29) is 5.97 Å². The third-order valence-electron chi connectivity index (χ3n) is 2.67. The third-order valence-corrected chi connectivity index (χ3v) is 2.67. The molecule has 0 saturated heterocycles. The minimum absolute atomic E-state index is 0.0795. The van der Waals surface area contributed by atoms with Crippen LogP contribution in [0.15, 0.2) is 0 Å². The largest absolute Gasteiger partial charge is 0.464 e. The fraction of sp³-hybridized carbons (Fsp3) is 0.929. The first-order valence-corrected chi connectivity index (χ1v) is 6.84. The van der Waals surface area contributed by atoms with Gasteiger partial charge in [0, 0.05) is 12.5 Å². The molecule has 17 heavy (non-hydrogen) atoms. The number of hydrogen-bond donors (Lipinski definition) is 1. The summed E-state index contributed by atoms with van der Waals surface area (Å²) in [5.41, 5.74) is 0. The number of ether oxygens (including phenoxy) is 1. The molecule has 0 amide bonds. The summed E-state index contributed by atoms with van der Waals surface area (Å²) >= 11 is 0. The lowest BCUT2D eigenvalue weighted by Crippen LogP contribution is -2.35. The molecule has 1 N–H and O–H groups in total. The molecule has 0 aromatic heterocycles. The van der Waals surface area contributed by atoms with Gasteiger partial charge < -0.3 is 10.1 Å². The van der Waals surface area contributed by atoms with Crippen LogP contribution in [0.5, 0.6) is 0 Å². The second kappa shape index (κ2) is 9.46. The summed E-state index contributed by atoms with van der Waals surface area (Å²) in [5.74, 6) is 1.00. The van der Waals surface area contributed by atoms with Gasteiger partial charge in [-0.15, -0.1) is 0 Å². The molecule has 3 nitrogen and oxygen atoms in total. The summed E-state index contributed by atoms with van der Waals surface area (Å²) in [6, 6.07) is 0.296. The van der Waals surface area contributed by atoms with Gasteiger partial charge in [0.2, 0.25) is 0 Å². The first kappa shape index (κ1) is 16.4. The molecule has 0 rings (SSSR count). The lowest BCUT2D eigenvalue weighted by molar-refractivity contribution is -0.145. The van der Waals surface area contributed by atoms with E-state index in [1.165, 1.54) is 0 Å². The molecule has 0 aliphatic carbocycles. The highest BCUT2D eigenvalue weighted by molar-refractivity contribution is 5.69. The third kappa shape index (κ3) is 10.3. The molecule has 0 aromatic rings. The smallest absolute Gasteiger partial charge is 0.306 e. The number of rotatable bonds is 9. The summed E-state index contributed by atoms with van der Waals surface area (Å²) in [6.45, 7) is 12.1. The highest BCUT2D eigenvalue weighted by atomic mass is 16.5. The monoisotopic (exact) mass is 243 g/mol. The highest BCUT2D eigenvalue weighted by Gasteiger charge is 2.10. The van der Waals surface area contributed by atoms with Crippen LogP contribution in [0.25, 0.3) is 0 Å². The van der Waals surface area contributed by atoms with Gasteiger partial charge in [-0.25, -0.2) is 0 Å². The van der Waals surface area contributed by atoms with Gasteiger partial charge >= 0.3 is 5.97 Å². The molecule has 0 radical (unpaired) electrons. The first-order valence-electron chi connectivity index (χ1n) is 6.84. The highest BCUT2D eigenvalue weighted by Crippen LogP contribution is 2.03. The summed E-state index contributed by atoms with van der Waals surface area (Å²) < 4.78 is 5.26. The van der Waals surface area contributed by atoms with E-state index in [0.29, 0.717) is 30.9 Å². The van der Waals surface area contributed by atoms with Gasteiger partial charge in [0.1, 0.15) is 6.61 Å². The fourth-order valence-corrected chi connectivity index (χ4v) is 1.48. The Bertz CT molecular complexity index is 202. The summed E-state index contributed by atoms with van der Waals surface area (Å²) in [5, 5.41) is 3.43. The molecule has 3 heteroatoms. The Morgan fingerprint density at radius 1 is 1.18 bits per heavy atom. The van der Waals surface area contributed by atoms with Crippen LogP contribution in [0.1, 0.15) is 53.9 Å². The second-order valence-electron chi connectivity index (χ2n) is 5.52. The number of carbonyl (C=O) groups is 1. The Hall–Kier alpha value is -0.570. The van der Waals surface area contributed by atoms with E-state index in [1.54, 1.807) is 0 Å². The molecular weight excluding hydrogens is 214 g/mol. The standard InChI is InChI=1S/C14H29NO2/c1-6-13(15-8-7-11(2)3)10-17-14(16)9-12(4)5/h11-13,15H,6-10H2,1-5H3. The number of esters is 1. The predicted octanol–water partition coefficient (Wildman–Crippen LogP) is 2.99. The molecule has 0 spiro atoms. The van der Waals surface area contributed by atoms with Crippen LogP contribution in [0.3, 0.4) is 0 Å². The van der Waals surface area contributed by atoms with Crippen molar-refractivity contribution in [3.05, 3.63) is 0 Å². The Morgan fingerprint density at radius 3 is 2.29 bits per heavy atom. The maximum Gasteiger partial charge on any atom is 0.306 e. The number of hydrogen-bond acceptors (Lipinski definition) is 3. The molecule has 1 unspecified atom stereocenters. The van der Waals surface area contributed by atoms with Crippen molar-refractivity contribution < 1.29 is 9.53 Å². The quantitative estimate of drug-likeness (QED) is 0.633. The van der Waals surface area contributed by atoms with Crippen molar-refractivity contribution >= 4 is 5.97 Å². The number of carbonyl (C=O) groups excluding carboxylic acids is 1.